The van der Waals surface area contributed by atoms with Crippen LogP contribution in [-0.2, 0) is 14.8 Å². The fourth-order valence-corrected chi connectivity index (χ4v) is 3.20. The summed E-state index contributed by atoms with van der Waals surface area (Å²) in [7, 11) is -3.30. The van der Waals surface area contributed by atoms with Crippen molar-refractivity contribution in [2.45, 2.75) is 53.2 Å². The maximum atomic E-state index is 12.9. The molecule has 0 amide bonds. The van der Waals surface area contributed by atoms with Gasteiger partial charge in [0.05, 0.1) is 19.0 Å². The second-order valence-electron chi connectivity index (χ2n) is 6.89. The zero-order valence-electron chi connectivity index (χ0n) is 13.2. The molecule has 19 heavy (non-hydrogen) atoms. The Kier molecular flexibility index (Phi) is 6.43. The van der Waals surface area contributed by atoms with Crippen LogP contribution >= 0.6 is 0 Å². The Labute approximate surface area is 117 Å². The van der Waals surface area contributed by atoms with Gasteiger partial charge < -0.3 is 4.74 Å². The van der Waals surface area contributed by atoms with Crippen LogP contribution in [-0.4, -0.2) is 50.4 Å². The van der Waals surface area contributed by atoms with Crippen molar-refractivity contribution >= 4 is 10.0 Å². The molecule has 6 heteroatoms. The average Bonchev–Trinajstić information content (AvgIpc) is 2.11. The third kappa shape index (κ3) is 6.68. The van der Waals surface area contributed by atoms with E-state index in [0.29, 0.717) is 0 Å². The van der Waals surface area contributed by atoms with Gasteiger partial charge in [-0.2, -0.15) is 4.31 Å². The summed E-state index contributed by atoms with van der Waals surface area (Å²) in [6.07, 6.45) is 0.656. The fourth-order valence-electron chi connectivity index (χ4n) is 1.80. The molecule has 0 aromatic rings. The predicted octanol–water partition coefficient (Wildman–Crippen LogP) is 2.45. The van der Waals surface area contributed by atoms with Crippen LogP contribution in [0.5, 0.6) is 0 Å². The Hall–Kier alpha value is -0.200. The Morgan fingerprint density at radius 2 is 1.63 bits per heavy atom. The molecular weight excluding hydrogens is 269 g/mol. The first-order valence-corrected chi connectivity index (χ1v) is 8.30. The minimum Gasteiger partial charge on any atom is -0.374 e. The highest BCUT2D eigenvalue weighted by Gasteiger charge is 2.30. The second kappa shape index (κ2) is 6.50. The number of rotatable bonds is 6. The van der Waals surface area contributed by atoms with Crippen molar-refractivity contribution < 1.29 is 17.5 Å². The summed E-state index contributed by atoms with van der Waals surface area (Å²) in [4.78, 5) is 0. The smallest absolute Gasteiger partial charge is 0.211 e. The number of hydrogen-bond donors (Lipinski definition) is 0. The van der Waals surface area contributed by atoms with E-state index in [1.165, 1.54) is 10.6 Å². The predicted molar refractivity (Wildman–Crippen MR) is 76.5 cm³/mol. The van der Waals surface area contributed by atoms with Crippen LogP contribution in [0.2, 0.25) is 0 Å². The van der Waals surface area contributed by atoms with Crippen LogP contribution in [0.3, 0.4) is 0 Å². The lowest BCUT2D eigenvalue weighted by atomic mass is 9.90. The van der Waals surface area contributed by atoms with E-state index in [-0.39, 0.29) is 18.6 Å². The number of alkyl halides is 1. The normalized spacial score (nSPS) is 15.8. The number of halogens is 1. The van der Waals surface area contributed by atoms with Crippen molar-refractivity contribution in [3.05, 3.63) is 0 Å². The van der Waals surface area contributed by atoms with Crippen molar-refractivity contribution in [1.82, 2.24) is 4.31 Å². The molecule has 1 atom stereocenters. The van der Waals surface area contributed by atoms with Gasteiger partial charge in [0, 0.05) is 12.1 Å². The number of ether oxygens (including phenoxy) is 1. The van der Waals surface area contributed by atoms with Crippen molar-refractivity contribution in [2.24, 2.45) is 5.41 Å². The van der Waals surface area contributed by atoms with Crippen molar-refractivity contribution in [2.75, 3.05) is 26.1 Å². The first-order valence-electron chi connectivity index (χ1n) is 6.45. The fraction of sp³-hybridized carbons (Fsp3) is 1.00. The Morgan fingerprint density at radius 3 is 1.89 bits per heavy atom. The summed E-state index contributed by atoms with van der Waals surface area (Å²) in [6.45, 7) is 11.0. The summed E-state index contributed by atoms with van der Waals surface area (Å²) in [6, 6.07) is 0. The summed E-state index contributed by atoms with van der Waals surface area (Å²) >= 11 is 0. The molecule has 4 nitrogen and oxygen atoms in total. The number of hydrogen-bond acceptors (Lipinski definition) is 3. The lowest BCUT2D eigenvalue weighted by Crippen LogP contribution is -2.47. The third-order valence-electron chi connectivity index (χ3n) is 2.87. The van der Waals surface area contributed by atoms with E-state index in [9.17, 15) is 12.8 Å². The highest BCUT2D eigenvalue weighted by Crippen LogP contribution is 2.23. The van der Waals surface area contributed by atoms with E-state index < -0.39 is 28.3 Å². The van der Waals surface area contributed by atoms with Gasteiger partial charge in [-0.15, -0.1) is 0 Å². The van der Waals surface area contributed by atoms with Crippen LogP contribution in [0, 0.1) is 5.41 Å². The lowest BCUT2D eigenvalue weighted by Gasteiger charge is -2.34. The molecule has 0 aromatic heterocycles. The van der Waals surface area contributed by atoms with Crippen LogP contribution in [0.15, 0.2) is 0 Å². The largest absolute Gasteiger partial charge is 0.374 e. The zero-order valence-corrected chi connectivity index (χ0v) is 14.0. The van der Waals surface area contributed by atoms with Gasteiger partial charge in [-0.25, -0.2) is 12.8 Å². The van der Waals surface area contributed by atoms with Gasteiger partial charge in [0.1, 0.15) is 6.67 Å². The minimum atomic E-state index is -3.30. The topological polar surface area (TPSA) is 46.6 Å². The lowest BCUT2D eigenvalue weighted by molar-refractivity contribution is -0.0369. The Morgan fingerprint density at radius 1 is 1.16 bits per heavy atom. The maximum Gasteiger partial charge on any atom is 0.211 e. The summed E-state index contributed by atoms with van der Waals surface area (Å²) in [5, 5.41) is 0. The Bertz CT molecular complexity index is 368. The molecule has 0 rings (SSSR count). The molecule has 0 heterocycles. The average molecular weight is 297 g/mol. The van der Waals surface area contributed by atoms with Gasteiger partial charge in [-0.05, 0) is 26.2 Å². The standard InChI is InChI=1S/C13H28FNO3S/c1-12(2,3)11(10-14)18-9-8-15(13(4,5)6)19(7,16)17/h11H,8-10H2,1-7H3/t11-/m0/s1. The molecule has 0 saturated heterocycles. The van der Waals surface area contributed by atoms with Crippen molar-refractivity contribution in [1.29, 1.82) is 0 Å². The molecule has 0 fully saturated rings. The van der Waals surface area contributed by atoms with Gasteiger partial charge in [-0.3, -0.25) is 0 Å². The van der Waals surface area contributed by atoms with Crippen LogP contribution in [0.25, 0.3) is 0 Å². The van der Waals surface area contributed by atoms with Gasteiger partial charge in [0.25, 0.3) is 0 Å². The zero-order chi connectivity index (χ0) is 15.5. The minimum absolute atomic E-state index is 0.191. The van der Waals surface area contributed by atoms with Crippen LogP contribution < -0.4 is 0 Å². The number of nitrogens with zero attached hydrogens (tertiary/aromatic N) is 1. The molecule has 0 spiro atoms. The SMILES string of the molecule is CC(C)(C)[C@H](CF)OCCN(C(C)(C)C)S(C)(=O)=O. The van der Waals surface area contributed by atoms with E-state index in [1.54, 1.807) is 0 Å². The summed E-state index contributed by atoms with van der Waals surface area (Å²) in [5.74, 6) is 0. The van der Waals surface area contributed by atoms with Gasteiger partial charge in [0.2, 0.25) is 10.0 Å². The highest BCUT2D eigenvalue weighted by molar-refractivity contribution is 7.88. The molecule has 0 aliphatic heterocycles. The highest BCUT2D eigenvalue weighted by atomic mass is 32.2. The van der Waals surface area contributed by atoms with Gasteiger partial charge >= 0.3 is 0 Å². The molecule has 0 aliphatic rings. The van der Waals surface area contributed by atoms with Gasteiger partial charge in [-0.1, -0.05) is 20.8 Å². The maximum absolute atomic E-state index is 12.9. The quantitative estimate of drug-likeness (QED) is 0.756. The number of sulfonamides is 1. The first kappa shape index (κ1) is 18.8. The molecular formula is C13H28FNO3S. The first-order chi connectivity index (χ1) is 8.30. The molecule has 0 unspecified atom stereocenters. The summed E-state index contributed by atoms with van der Waals surface area (Å²) < 4.78 is 43.2. The molecule has 0 saturated carbocycles. The third-order valence-corrected chi connectivity index (χ3v) is 4.40. The molecule has 0 radical (unpaired) electrons. The van der Waals surface area contributed by atoms with E-state index in [1.807, 2.05) is 41.5 Å². The molecule has 0 aromatic carbocycles. The van der Waals surface area contributed by atoms with Crippen LogP contribution in [0.4, 0.5) is 4.39 Å². The molecule has 0 aliphatic carbocycles. The Balaban J connectivity index is 4.61. The van der Waals surface area contributed by atoms with E-state index >= 15 is 0 Å². The van der Waals surface area contributed by atoms with E-state index in [4.69, 9.17) is 4.74 Å². The molecule has 116 valence electrons. The summed E-state index contributed by atoms with van der Waals surface area (Å²) in [5.41, 5.74) is -0.809. The van der Waals surface area contributed by atoms with Gasteiger partial charge in [0.15, 0.2) is 0 Å². The van der Waals surface area contributed by atoms with E-state index in [0.717, 1.165) is 0 Å². The van der Waals surface area contributed by atoms with Crippen molar-refractivity contribution in [3.63, 3.8) is 0 Å². The second-order valence-corrected chi connectivity index (χ2v) is 8.79. The molecule has 0 bridgehead atoms. The van der Waals surface area contributed by atoms with E-state index in [2.05, 4.69) is 0 Å². The van der Waals surface area contributed by atoms with Crippen LogP contribution in [0.1, 0.15) is 41.5 Å². The molecule has 0 N–H and O–H groups in total. The van der Waals surface area contributed by atoms with Crippen molar-refractivity contribution in [3.8, 4) is 0 Å². The monoisotopic (exact) mass is 297 g/mol.